The molecule has 7 nitrogen and oxygen atoms in total. The first-order valence-electron chi connectivity index (χ1n) is 10.5. The summed E-state index contributed by atoms with van der Waals surface area (Å²) in [7, 11) is -4.02. The number of halogens is 3. The van der Waals surface area contributed by atoms with Crippen molar-refractivity contribution in [2.75, 3.05) is 39.3 Å². The summed E-state index contributed by atoms with van der Waals surface area (Å²) < 4.78 is 54.4. The number of hydrogen-bond acceptors (Lipinski definition) is 4. The smallest absolute Gasteiger partial charge is 0.255 e. The van der Waals surface area contributed by atoms with Crippen molar-refractivity contribution in [3.05, 3.63) is 64.2 Å². The highest BCUT2D eigenvalue weighted by atomic mass is 35.5. The van der Waals surface area contributed by atoms with Crippen LogP contribution in [0.25, 0.3) is 0 Å². The maximum absolute atomic E-state index is 14.4. The maximum atomic E-state index is 14.4. The van der Waals surface area contributed by atoms with E-state index >= 15 is 0 Å². The average molecular weight is 498 g/mol. The highest BCUT2D eigenvalue weighted by Gasteiger charge is 2.32. The Morgan fingerprint density at radius 2 is 1.42 bits per heavy atom. The van der Waals surface area contributed by atoms with Gasteiger partial charge in [0.05, 0.1) is 10.6 Å². The zero-order valence-electron chi connectivity index (χ0n) is 17.6. The average Bonchev–Trinajstić information content (AvgIpc) is 3.35. The Hall–Kier alpha value is -2.56. The predicted molar refractivity (Wildman–Crippen MR) is 118 cm³/mol. The first-order chi connectivity index (χ1) is 15.7. The number of amides is 2. The van der Waals surface area contributed by atoms with Gasteiger partial charge in [0.25, 0.3) is 11.8 Å². The van der Waals surface area contributed by atoms with Crippen molar-refractivity contribution < 1.29 is 26.8 Å². The Morgan fingerprint density at radius 3 is 2.03 bits per heavy atom. The van der Waals surface area contributed by atoms with Gasteiger partial charge in [0.2, 0.25) is 10.0 Å². The molecule has 0 saturated carbocycles. The third kappa shape index (κ3) is 4.73. The van der Waals surface area contributed by atoms with Gasteiger partial charge >= 0.3 is 0 Å². The highest BCUT2D eigenvalue weighted by Crippen LogP contribution is 2.25. The molecular weight excluding hydrogens is 476 g/mol. The number of sulfonamides is 1. The molecule has 0 bridgehead atoms. The van der Waals surface area contributed by atoms with Crippen molar-refractivity contribution in [1.29, 1.82) is 0 Å². The van der Waals surface area contributed by atoms with E-state index in [1.807, 2.05) is 0 Å². The molecule has 2 saturated heterocycles. The van der Waals surface area contributed by atoms with Gasteiger partial charge in [-0.15, -0.1) is 0 Å². The number of rotatable bonds is 4. The van der Waals surface area contributed by atoms with Crippen LogP contribution >= 0.6 is 11.6 Å². The molecule has 2 amide bonds. The molecule has 0 aliphatic carbocycles. The van der Waals surface area contributed by atoms with E-state index in [1.54, 1.807) is 0 Å². The molecule has 33 heavy (non-hydrogen) atoms. The number of benzene rings is 2. The van der Waals surface area contributed by atoms with Crippen LogP contribution in [0.3, 0.4) is 0 Å². The van der Waals surface area contributed by atoms with Crippen LogP contribution in [0.5, 0.6) is 0 Å². The summed E-state index contributed by atoms with van der Waals surface area (Å²) in [5, 5.41) is 0.0107. The first kappa shape index (κ1) is 23.6. The molecule has 2 aliphatic rings. The number of carbonyl (C=O) groups is 2. The molecule has 0 N–H and O–H groups in total. The lowest BCUT2D eigenvalue weighted by Gasteiger charge is -2.35. The largest absolute Gasteiger partial charge is 0.335 e. The van der Waals surface area contributed by atoms with E-state index in [2.05, 4.69) is 0 Å². The first-order valence-corrected chi connectivity index (χ1v) is 12.3. The van der Waals surface area contributed by atoms with Crippen LogP contribution in [0, 0.1) is 11.6 Å². The molecular formula is C22H22ClF2N3O4S. The summed E-state index contributed by atoms with van der Waals surface area (Å²) in [5.74, 6) is -2.25. The molecule has 2 aromatic rings. The zero-order chi connectivity index (χ0) is 23.8. The lowest BCUT2D eigenvalue weighted by atomic mass is 10.1. The second-order valence-electron chi connectivity index (χ2n) is 7.96. The molecule has 0 aromatic heterocycles. The molecule has 2 aliphatic heterocycles. The maximum Gasteiger partial charge on any atom is 0.255 e. The molecule has 2 aromatic carbocycles. The van der Waals surface area contributed by atoms with E-state index in [9.17, 15) is 26.8 Å². The SMILES string of the molecule is O=C(c1ccc(F)c(S(=O)(=O)N2CCCC2)c1)N1CCN(C(=O)c2ccc(F)cc2Cl)CC1. The summed E-state index contributed by atoms with van der Waals surface area (Å²) in [5.41, 5.74) is 0.240. The highest BCUT2D eigenvalue weighted by molar-refractivity contribution is 7.89. The monoisotopic (exact) mass is 497 g/mol. The van der Waals surface area contributed by atoms with Gasteiger partial charge in [-0.1, -0.05) is 11.6 Å². The Labute approximate surface area is 195 Å². The van der Waals surface area contributed by atoms with E-state index in [-0.39, 0.29) is 48.2 Å². The van der Waals surface area contributed by atoms with Crippen molar-refractivity contribution in [1.82, 2.24) is 14.1 Å². The zero-order valence-corrected chi connectivity index (χ0v) is 19.2. The summed E-state index contributed by atoms with van der Waals surface area (Å²) in [6, 6.07) is 6.88. The van der Waals surface area contributed by atoms with Crippen LogP contribution in [-0.4, -0.2) is 73.6 Å². The van der Waals surface area contributed by atoms with Gasteiger partial charge in [-0.3, -0.25) is 9.59 Å². The minimum atomic E-state index is -4.02. The van der Waals surface area contributed by atoms with Crippen molar-refractivity contribution in [3.8, 4) is 0 Å². The van der Waals surface area contributed by atoms with Crippen LogP contribution < -0.4 is 0 Å². The molecule has 0 unspecified atom stereocenters. The van der Waals surface area contributed by atoms with Gasteiger partial charge in [-0.25, -0.2) is 17.2 Å². The molecule has 0 radical (unpaired) electrons. The second-order valence-corrected chi connectivity index (χ2v) is 10.3. The third-order valence-corrected chi connectivity index (χ3v) is 8.10. The Bertz CT molecular complexity index is 1190. The molecule has 0 atom stereocenters. The Kier molecular flexibility index (Phi) is 6.69. The Morgan fingerprint density at radius 1 is 0.818 bits per heavy atom. The summed E-state index contributed by atoms with van der Waals surface area (Å²) in [6.07, 6.45) is 1.43. The molecule has 4 rings (SSSR count). The summed E-state index contributed by atoms with van der Waals surface area (Å²) in [4.78, 5) is 28.2. The molecule has 2 heterocycles. The van der Waals surface area contributed by atoms with Gasteiger partial charge in [0.15, 0.2) is 0 Å². The van der Waals surface area contributed by atoms with Gasteiger partial charge in [0, 0.05) is 44.8 Å². The van der Waals surface area contributed by atoms with Gasteiger partial charge in [-0.2, -0.15) is 4.31 Å². The van der Waals surface area contributed by atoms with E-state index in [0.29, 0.717) is 25.9 Å². The van der Waals surface area contributed by atoms with Crippen molar-refractivity contribution in [2.24, 2.45) is 0 Å². The number of hydrogen-bond donors (Lipinski definition) is 0. The predicted octanol–water partition coefficient (Wildman–Crippen LogP) is 3.00. The van der Waals surface area contributed by atoms with Crippen molar-refractivity contribution in [2.45, 2.75) is 17.7 Å². The van der Waals surface area contributed by atoms with Crippen molar-refractivity contribution >= 4 is 33.4 Å². The molecule has 0 spiro atoms. The van der Waals surface area contributed by atoms with E-state index in [4.69, 9.17) is 11.6 Å². The van der Waals surface area contributed by atoms with Crippen LogP contribution in [0.1, 0.15) is 33.6 Å². The fraction of sp³-hybridized carbons (Fsp3) is 0.364. The third-order valence-electron chi connectivity index (χ3n) is 5.88. The van der Waals surface area contributed by atoms with Gasteiger partial charge in [0.1, 0.15) is 16.5 Å². The van der Waals surface area contributed by atoms with Crippen LogP contribution in [0.2, 0.25) is 5.02 Å². The standard InChI is InChI=1S/C22H22ClF2N3O4S/c23-18-14-16(24)4-5-17(18)22(30)27-11-9-26(10-12-27)21(29)15-3-6-19(25)20(13-15)33(31,32)28-7-1-2-8-28/h3-6,13-14H,1-2,7-12H2. The number of nitrogens with zero attached hydrogens (tertiary/aromatic N) is 3. The van der Waals surface area contributed by atoms with E-state index in [0.717, 1.165) is 24.3 Å². The fourth-order valence-electron chi connectivity index (χ4n) is 4.03. The summed E-state index contributed by atoms with van der Waals surface area (Å²) >= 11 is 5.98. The molecule has 11 heteroatoms. The van der Waals surface area contributed by atoms with Gasteiger partial charge < -0.3 is 9.80 Å². The van der Waals surface area contributed by atoms with Crippen LogP contribution in [-0.2, 0) is 10.0 Å². The fourth-order valence-corrected chi connectivity index (χ4v) is 5.89. The van der Waals surface area contributed by atoms with Crippen molar-refractivity contribution in [3.63, 3.8) is 0 Å². The molecule has 176 valence electrons. The number of piperazine rings is 1. The topological polar surface area (TPSA) is 78.0 Å². The number of carbonyl (C=O) groups excluding carboxylic acids is 2. The quantitative estimate of drug-likeness (QED) is 0.650. The Balaban J connectivity index is 1.46. The normalized spacial score (nSPS) is 17.4. The van der Waals surface area contributed by atoms with Crippen LogP contribution in [0.4, 0.5) is 8.78 Å². The lowest BCUT2D eigenvalue weighted by molar-refractivity contribution is 0.0535. The van der Waals surface area contributed by atoms with E-state index in [1.165, 1.54) is 26.2 Å². The van der Waals surface area contributed by atoms with E-state index < -0.39 is 32.5 Å². The lowest BCUT2D eigenvalue weighted by Crippen LogP contribution is -2.50. The van der Waals surface area contributed by atoms with Crippen LogP contribution in [0.15, 0.2) is 41.3 Å². The second kappa shape index (κ2) is 9.36. The minimum Gasteiger partial charge on any atom is -0.335 e. The minimum absolute atomic E-state index is 0.0107. The summed E-state index contributed by atoms with van der Waals surface area (Å²) in [6.45, 7) is 1.50. The molecule has 2 fully saturated rings. The van der Waals surface area contributed by atoms with Gasteiger partial charge in [-0.05, 0) is 49.2 Å².